The van der Waals surface area contributed by atoms with Crippen molar-refractivity contribution in [2.75, 3.05) is 11.6 Å². The molecular formula is C17H16N4OS. The Morgan fingerprint density at radius 2 is 1.96 bits per heavy atom. The lowest BCUT2D eigenvalue weighted by Crippen LogP contribution is -2.14. The normalized spacial score (nSPS) is 10.5. The zero-order chi connectivity index (χ0) is 16.2. The van der Waals surface area contributed by atoms with Gasteiger partial charge in [0.05, 0.1) is 22.6 Å². The number of hydrogen-bond acceptors (Lipinski definition) is 4. The molecule has 0 saturated carbocycles. The monoisotopic (exact) mass is 324 g/mol. The minimum Gasteiger partial charge on any atom is -0.318 e. The van der Waals surface area contributed by atoms with E-state index in [1.54, 1.807) is 18.3 Å². The first-order valence-electron chi connectivity index (χ1n) is 7.11. The van der Waals surface area contributed by atoms with Crippen molar-refractivity contribution in [3.8, 4) is 11.3 Å². The fourth-order valence-electron chi connectivity index (χ4n) is 2.31. The molecule has 0 spiro atoms. The lowest BCUT2D eigenvalue weighted by molar-refractivity contribution is 0.102. The van der Waals surface area contributed by atoms with Crippen LogP contribution in [0.5, 0.6) is 0 Å². The molecule has 0 aliphatic carbocycles. The molecule has 0 bridgehead atoms. The molecule has 2 heterocycles. The van der Waals surface area contributed by atoms with Crippen LogP contribution in [0.25, 0.3) is 11.3 Å². The number of aromatic nitrogens is 3. The molecule has 0 radical (unpaired) electrons. The maximum absolute atomic E-state index is 12.6. The molecule has 0 unspecified atom stereocenters. The molecule has 1 aromatic carbocycles. The number of pyridine rings is 1. The number of nitrogens with one attached hydrogen (secondary N) is 2. The molecule has 23 heavy (non-hydrogen) atoms. The van der Waals surface area contributed by atoms with Crippen LogP contribution >= 0.6 is 11.8 Å². The largest absolute Gasteiger partial charge is 0.318 e. The Labute approximate surface area is 138 Å². The van der Waals surface area contributed by atoms with Gasteiger partial charge in [0.1, 0.15) is 5.03 Å². The van der Waals surface area contributed by atoms with Crippen molar-refractivity contribution < 1.29 is 4.79 Å². The van der Waals surface area contributed by atoms with Gasteiger partial charge in [-0.05, 0) is 25.3 Å². The molecule has 0 aliphatic rings. The summed E-state index contributed by atoms with van der Waals surface area (Å²) in [6.45, 7) is 1.86. The average molecular weight is 324 g/mol. The van der Waals surface area contributed by atoms with Gasteiger partial charge < -0.3 is 5.32 Å². The summed E-state index contributed by atoms with van der Waals surface area (Å²) < 4.78 is 0. The summed E-state index contributed by atoms with van der Waals surface area (Å²) in [5.41, 5.74) is 3.76. The number of carbonyl (C=O) groups excluding carboxylic acids is 1. The first-order chi connectivity index (χ1) is 11.2. The summed E-state index contributed by atoms with van der Waals surface area (Å²) in [6, 6.07) is 13.3. The van der Waals surface area contributed by atoms with Gasteiger partial charge in [-0.15, -0.1) is 11.8 Å². The van der Waals surface area contributed by atoms with Crippen molar-refractivity contribution in [3.05, 3.63) is 59.9 Å². The number of H-pyrrole nitrogens is 1. The minimum absolute atomic E-state index is 0.191. The summed E-state index contributed by atoms with van der Waals surface area (Å²) in [7, 11) is 0. The number of amides is 1. The van der Waals surface area contributed by atoms with Crippen LogP contribution in [0.4, 0.5) is 5.69 Å². The van der Waals surface area contributed by atoms with E-state index < -0.39 is 0 Å². The first-order valence-corrected chi connectivity index (χ1v) is 8.34. The van der Waals surface area contributed by atoms with Crippen LogP contribution in [-0.4, -0.2) is 27.3 Å². The number of rotatable bonds is 4. The Bertz CT molecular complexity index is 830. The van der Waals surface area contributed by atoms with E-state index in [4.69, 9.17) is 0 Å². The molecule has 0 atom stereocenters. The quantitative estimate of drug-likeness (QED) is 0.717. The van der Waals surface area contributed by atoms with Crippen molar-refractivity contribution in [3.63, 3.8) is 0 Å². The van der Waals surface area contributed by atoms with Crippen molar-refractivity contribution >= 4 is 23.4 Å². The Morgan fingerprint density at radius 1 is 1.17 bits per heavy atom. The second-order valence-electron chi connectivity index (χ2n) is 4.94. The minimum atomic E-state index is -0.191. The van der Waals surface area contributed by atoms with E-state index in [9.17, 15) is 4.79 Å². The Hall–Kier alpha value is -2.60. The van der Waals surface area contributed by atoms with Crippen molar-refractivity contribution in [2.45, 2.75) is 11.9 Å². The van der Waals surface area contributed by atoms with Gasteiger partial charge in [-0.2, -0.15) is 5.10 Å². The maximum Gasteiger partial charge on any atom is 0.258 e. The number of aromatic amines is 1. The predicted octanol–water partition coefficient (Wildman–Crippen LogP) is 3.75. The van der Waals surface area contributed by atoms with Crippen molar-refractivity contribution in [2.24, 2.45) is 0 Å². The molecule has 2 N–H and O–H groups in total. The van der Waals surface area contributed by atoms with Crippen LogP contribution in [0.1, 0.15) is 16.1 Å². The summed E-state index contributed by atoms with van der Waals surface area (Å²) in [6.07, 6.45) is 3.58. The van der Waals surface area contributed by atoms with Gasteiger partial charge in [0.25, 0.3) is 5.91 Å². The zero-order valence-electron chi connectivity index (χ0n) is 12.8. The maximum atomic E-state index is 12.6. The first kappa shape index (κ1) is 15.3. The highest BCUT2D eigenvalue weighted by atomic mass is 32.2. The molecule has 0 saturated heterocycles. The van der Waals surface area contributed by atoms with Crippen LogP contribution in [0.2, 0.25) is 0 Å². The van der Waals surface area contributed by atoms with Crippen molar-refractivity contribution in [1.29, 1.82) is 0 Å². The van der Waals surface area contributed by atoms with E-state index in [1.807, 2.05) is 43.5 Å². The van der Waals surface area contributed by atoms with Crippen LogP contribution in [-0.2, 0) is 0 Å². The average Bonchev–Trinajstić information content (AvgIpc) is 2.96. The molecule has 1 amide bonds. The Morgan fingerprint density at radius 3 is 2.70 bits per heavy atom. The molecule has 116 valence electrons. The van der Waals surface area contributed by atoms with Gasteiger partial charge in [-0.3, -0.25) is 9.89 Å². The van der Waals surface area contributed by atoms with E-state index in [0.717, 1.165) is 17.0 Å². The molecule has 2 aromatic heterocycles. The van der Waals surface area contributed by atoms with Gasteiger partial charge >= 0.3 is 0 Å². The molecule has 3 aromatic rings. The fraction of sp³-hybridized carbons (Fsp3) is 0.118. The standard InChI is InChI=1S/C17H16N4OS/c1-11-14(15(21-20-11)12-7-4-3-5-8-12)19-16(22)13-9-6-10-18-17(13)23-2/h3-10H,1-2H3,(H,19,22)(H,20,21). The predicted molar refractivity (Wildman–Crippen MR) is 92.7 cm³/mol. The summed E-state index contributed by atoms with van der Waals surface area (Å²) >= 11 is 1.45. The smallest absolute Gasteiger partial charge is 0.258 e. The van der Waals surface area contributed by atoms with Crippen molar-refractivity contribution in [1.82, 2.24) is 15.2 Å². The molecule has 5 nitrogen and oxygen atoms in total. The van der Waals surface area contributed by atoms with Gasteiger partial charge in [0.2, 0.25) is 0 Å². The Kier molecular flexibility index (Phi) is 4.43. The molecule has 0 aliphatic heterocycles. The summed E-state index contributed by atoms with van der Waals surface area (Å²) in [5, 5.41) is 10.9. The zero-order valence-corrected chi connectivity index (χ0v) is 13.6. The molecule has 3 rings (SSSR count). The second kappa shape index (κ2) is 6.66. The number of aryl methyl sites for hydroxylation is 1. The number of carbonyl (C=O) groups is 1. The number of benzene rings is 1. The number of thioether (sulfide) groups is 1. The highest BCUT2D eigenvalue weighted by Gasteiger charge is 2.17. The van der Waals surface area contributed by atoms with Crippen LogP contribution in [0.15, 0.2) is 53.7 Å². The van der Waals surface area contributed by atoms with Gasteiger partial charge in [-0.25, -0.2) is 4.98 Å². The topological polar surface area (TPSA) is 70.7 Å². The van der Waals surface area contributed by atoms with E-state index in [2.05, 4.69) is 20.5 Å². The third-order valence-electron chi connectivity index (χ3n) is 3.46. The van der Waals surface area contributed by atoms with E-state index in [1.165, 1.54) is 11.8 Å². The highest BCUT2D eigenvalue weighted by Crippen LogP contribution is 2.29. The third kappa shape index (κ3) is 3.12. The highest BCUT2D eigenvalue weighted by molar-refractivity contribution is 7.98. The van der Waals surface area contributed by atoms with Gasteiger partial charge in [0, 0.05) is 11.8 Å². The lowest BCUT2D eigenvalue weighted by Gasteiger charge is -2.09. The summed E-state index contributed by atoms with van der Waals surface area (Å²) in [5.74, 6) is -0.191. The number of nitrogens with zero attached hydrogens (tertiary/aromatic N) is 2. The third-order valence-corrected chi connectivity index (χ3v) is 4.17. The molecule has 6 heteroatoms. The molecular weight excluding hydrogens is 308 g/mol. The van der Waals surface area contributed by atoms with Crippen LogP contribution < -0.4 is 5.32 Å². The van der Waals surface area contributed by atoms with E-state index >= 15 is 0 Å². The second-order valence-corrected chi connectivity index (χ2v) is 5.73. The van der Waals surface area contributed by atoms with E-state index in [-0.39, 0.29) is 5.91 Å². The van der Waals surface area contributed by atoms with Crippen LogP contribution in [0.3, 0.4) is 0 Å². The van der Waals surface area contributed by atoms with Crippen LogP contribution in [0, 0.1) is 6.92 Å². The number of hydrogen-bond donors (Lipinski definition) is 2. The molecule has 0 fully saturated rings. The van der Waals surface area contributed by atoms with E-state index in [0.29, 0.717) is 16.3 Å². The van der Waals surface area contributed by atoms with Gasteiger partial charge in [0.15, 0.2) is 0 Å². The number of anilines is 1. The fourth-order valence-corrected chi connectivity index (χ4v) is 2.85. The van der Waals surface area contributed by atoms with Gasteiger partial charge in [-0.1, -0.05) is 30.3 Å². The lowest BCUT2D eigenvalue weighted by atomic mass is 10.1. The SMILES string of the molecule is CSc1ncccc1C(=O)Nc1c(C)n[nH]c1-c1ccccc1. The summed E-state index contributed by atoms with van der Waals surface area (Å²) in [4.78, 5) is 16.9. The Balaban J connectivity index is 1.95.